The quantitative estimate of drug-likeness (QED) is 0.694. The monoisotopic (exact) mass is 202 g/mol. The smallest absolute Gasteiger partial charge is 0.389 e. The molecule has 0 aliphatic heterocycles. The largest absolute Gasteiger partial charge is 0.481 e. The molecule has 0 fully saturated rings. The average Bonchev–Trinajstić information content (AvgIpc) is 1.83. The van der Waals surface area contributed by atoms with Gasteiger partial charge >= 0.3 is 12.1 Å². The number of alkyl halides is 3. The zero-order valence-electron chi connectivity index (χ0n) is 6.23. The van der Waals surface area contributed by atoms with Crippen LogP contribution in [0.4, 0.5) is 13.2 Å². The van der Waals surface area contributed by atoms with Crippen LogP contribution in [-0.4, -0.2) is 28.8 Å². The van der Waals surface area contributed by atoms with E-state index in [1.165, 1.54) is 0 Å². The first-order valence-corrected chi connectivity index (χ1v) is 4.43. The van der Waals surface area contributed by atoms with Crippen LogP contribution in [0.15, 0.2) is 0 Å². The molecular weight excluding hydrogens is 193 g/mol. The SMILES string of the molecule is O=C(O)CSCCCC(F)(F)F. The van der Waals surface area contributed by atoms with E-state index in [0.29, 0.717) is 0 Å². The van der Waals surface area contributed by atoms with Crippen LogP contribution in [0.3, 0.4) is 0 Å². The van der Waals surface area contributed by atoms with Gasteiger partial charge in [-0.15, -0.1) is 0 Å². The molecular formula is C6H9F3O2S. The van der Waals surface area contributed by atoms with Gasteiger partial charge in [0.1, 0.15) is 0 Å². The van der Waals surface area contributed by atoms with Crippen molar-refractivity contribution in [1.29, 1.82) is 0 Å². The van der Waals surface area contributed by atoms with Crippen LogP contribution < -0.4 is 0 Å². The molecule has 0 bridgehead atoms. The van der Waals surface area contributed by atoms with Crippen molar-refractivity contribution in [3.05, 3.63) is 0 Å². The van der Waals surface area contributed by atoms with Gasteiger partial charge in [0.2, 0.25) is 0 Å². The molecule has 0 spiro atoms. The van der Waals surface area contributed by atoms with E-state index in [9.17, 15) is 18.0 Å². The Bertz CT molecular complexity index is 146. The Labute approximate surface area is 72.1 Å². The summed E-state index contributed by atoms with van der Waals surface area (Å²) in [5.74, 6) is -0.879. The summed E-state index contributed by atoms with van der Waals surface area (Å²) in [6.45, 7) is 0. The van der Waals surface area contributed by atoms with E-state index < -0.39 is 18.6 Å². The third-order valence-corrected chi connectivity index (χ3v) is 2.00. The molecule has 1 N–H and O–H groups in total. The Kier molecular flexibility index (Phi) is 5.12. The maximum absolute atomic E-state index is 11.5. The number of carbonyl (C=O) groups is 1. The highest BCUT2D eigenvalue weighted by Crippen LogP contribution is 2.22. The summed E-state index contributed by atoms with van der Waals surface area (Å²) in [7, 11) is 0. The molecule has 0 aromatic rings. The minimum atomic E-state index is -4.12. The normalized spacial score (nSPS) is 11.6. The van der Waals surface area contributed by atoms with Gasteiger partial charge in [-0.25, -0.2) is 0 Å². The number of aliphatic carboxylic acids is 1. The molecule has 0 amide bonds. The Morgan fingerprint density at radius 3 is 2.42 bits per heavy atom. The molecule has 72 valence electrons. The van der Waals surface area contributed by atoms with Crippen LogP contribution >= 0.6 is 11.8 Å². The van der Waals surface area contributed by atoms with E-state index in [-0.39, 0.29) is 17.9 Å². The van der Waals surface area contributed by atoms with Gasteiger partial charge in [-0.2, -0.15) is 24.9 Å². The lowest BCUT2D eigenvalue weighted by atomic mass is 10.3. The molecule has 12 heavy (non-hydrogen) atoms. The fourth-order valence-electron chi connectivity index (χ4n) is 0.534. The van der Waals surface area contributed by atoms with Crippen LogP contribution in [0.2, 0.25) is 0 Å². The van der Waals surface area contributed by atoms with Crippen molar-refractivity contribution in [1.82, 2.24) is 0 Å². The highest BCUT2D eigenvalue weighted by Gasteiger charge is 2.25. The first kappa shape index (κ1) is 11.6. The lowest BCUT2D eigenvalue weighted by molar-refractivity contribution is -0.134. The fraction of sp³-hybridized carbons (Fsp3) is 0.833. The van der Waals surface area contributed by atoms with Crippen molar-refractivity contribution in [3.63, 3.8) is 0 Å². The zero-order chi connectivity index (χ0) is 9.61. The summed E-state index contributed by atoms with van der Waals surface area (Å²) < 4.78 is 34.5. The van der Waals surface area contributed by atoms with Crippen molar-refractivity contribution >= 4 is 17.7 Å². The lowest BCUT2D eigenvalue weighted by Gasteiger charge is -2.04. The predicted molar refractivity (Wildman–Crippen MR) is 40.2 cm³/mol. The number of rotatable bonds is 5. The topological polar surface area (TPSA) is 37.3 Å². The molecule has 0 aromatic carbocycles. The second-order valence-electron chi connectivity index (χ2n) is 2.17. The van der Waals surface area contributed by atoms with E-state index in [4.69, 9.17) is 5.11 Å². The first-order valence-electron chi connectivity index (χ1n) is 3.28. The van der Waals surface area contributed by atoms with Crippen LogP contribution in [0, 0.1) is 0 Å². The molecule has 0 unspecified atom stereocenters. The van der Waals surface area contributed by atoms with Crippen molar-refractivity contribution in [3.8, 4) is 0 Å². The van der Waals surface area contributed by atoms with Crippen molar-refractivity contribution in [2.24, 2.45) is 0 Å². The van der Waals surface area contributed by atoms with Crippen molar-refractivity contribution < 1.29 is 23.1 Å². The zero-order valence-corrected chi connectivity index (χ0v) is 7.04. The second-order valence-corrected chi connectivity index (χ2v) is 3.27. The van der Waals surface area contributed by atoms with Crippen LogP contribution in [0.1, 0.15) is 12.8 Å². The third-order valence-electron chi connectivity index (χ3n) is 0.974. The minimum Gasteiger partial charge on any atom is -0.481 e. The molecule has 6 heteroatoms. The summed E-state index contributed by atoms with van der Waals surface area (Å²) in [4.78, 5) is 9.92. The lowest BCUT2D eigenvalue weighted by Crippen LogP contribution is -2.07. The average molecular weight is 202 g/mol. The number of thioether (sulfide) groups is 1. The van der Waals surface area contributed by atoms with Crippen LogP contribution in [0.25, 0.3) is 0 Å². The summed E-state index contributed by atoms with van der Waals surface area (Å²) >= 11 is 1.00. The Morgan fingerprint density at radius 1 is 1.42 bits per heavy atom. The second kappa shape index (κ2) is 5.29. The number of hydrogen-bond acceptors (Lipinski definition) is 2. The molecule has 0 saturated carbocycles. The van der Waals surface area contributed by atoms with Crippen LogP contribution in [0.5, 0.6) is 0 Å². The molecule has 0 saturated heterocycles. The fourth-order valence-corrected chi connectivity index (χ4v) is 1.20. The Hall–Kier alpha value is -0.390. The number of carboxylic acid groups (broad SMARTS) is 1. The molecule has 2 nitrogen and oxygen atoms in total. The van der Waals surface area contributed by atoms with Crippen LogP contribution in [-0.2, 0) is 4.79 Å². The third kappa shape index (κ3) is 9.61. The van der Waals surface area contributed by atoms with Gasteiger partial charge in [0.25, 0.3) is 0 Å². The van der Waals surface area contributed by atoms with E-state index >= 15 is 0 Å². The van der Waals surface area contributed by atoms with E-state index in [0.717, 1.165) is 11.8 Å². The maximum atomic E-state index is 11.5. The molecule has 0 aliphatic carbocycles. The van der Waals surface area contributed by atoms with Gasteiger partial charge in [-0.05, 0) is 12.2 Å². The number of carboxylic acids is 1. The van der Waals surface area contributed by atoms with Gasteiger partial charge in [0, 0.05) is 6.42 Å². The maximum Gasteiger partial charge on any atom is 0.389 e. The summed E-state index contributed by atoms with van der Waals surface area (Å²) in [6, 6.07) is 0. The molecule has 0 aromatic heterocycles. The molecule has 0 atom stereocenters. The van der Waals surface area contributed by atoms with Crippen molar-refractivity contribution in [2.45, 2.75) is 19.0 Å². The standard InChI is InChI=1S/C6H9F3O2S/c7-6(8,9)2-1-3-12-4-5(10)11/h1-4H2,(H,10,11). The number of hydrogen-bond donors (Lipinski definition) is 1. The van der Waals surface area contributed by atoms with Gasteiger partial charge in [0.05, 0.1) is 5.75 Å². The van der Waals surface area contributed by atoms with Gasteiger partial charge < -0.3 is 5.11 Å². The summed E-state index contributed by atoms with van der Waals surface area (Å²) in [5.41, 5.74) is 0. The van der Waals surface area contributed by atoms with E-state index in [2.05, 4.69) is 0 Å². The minimum absolute atomic E-state index is 0.0125. The van der Waals surface area contributed by atoms with Gasteiger partial charge in [0.15, 0.2) is 0 Å². The molecule has 0 aliphatic rings. The predicted octanol–water partition coefficient (Wildman–Crippen LogP) is 2.15. The molecule has 0 rings (SSSR count). The van der Waals surface area contributed by atoms with E-state index in [1.54, 1.807) is 0 Å². The number of halogens is 3. The summed E-state index contributed by atoms with van der Waals surface area (Å²) in [6.07, 6.45) is -4.97. The highest BCUT2D eigenvalue weighted by molar-refractivity contribution is 7.99. The van der Waals surface area contributed by atoms with Crippen molar-refractivity contribution in [2.75, 3.05) is 11.5 Å². The summed E-state index contributed by atoms with van der Waals surface area (Å²) in [5, 5.41) is 8.13. The van der Waals surface area contributed by atoms with Gasteiger partial charge in [-0.3, -0.25) is 4.79 Å². The Morgan fingerprint density at radius 2 is 2.00 bits per heavy atom. The molecule has 0 heterocycles. The van der Waals surface area contributed by atoms with Gasteiger partial charge in [-0.1, -0.05) is 0 Å². The first-order chi connectivity index (χ1) is 5.42. The van der Waals surface area contributed by atoms with E-state index in [1.807, 2.05) is 0 Å². The highest BCUT2D eigenvalue weighted by atomic mass is 32.2. The molecule has 0 radical (unpaired) electrons. The Balaban J connectivity index is 3.17.